The fraction of sp³-hybridized carbons (Fsp3) is 0.222. The number of benzene rings is 3. The average Bonchev–Trinajstić information content (AvgIpc) is 3.21. The van der Waals surface area contributed by atoms with E-state index in [0.29, 0.717) is 5.56 Å². The molecule has 1 N–H and O–H groups in total. The molecule has 3 aromatic rings. The van der Waals surface area contributed by atoms with Crippen LogP contribution in [0.1, 0.15) is 44.6 Å². The molecule has 4 nitrogen and oxygen atoms in total. The number of carboxylic acid groups (broad SMARTS) is 1. The van der Waals surface area contributed by atoms with E-state index in [4.69, 9.17) is 14.6 Å². The number of fused-ring (bicyclic) bond motifs is 1. The van der Waals surface area contributed by atoms with Crippen LogP contribution >= 0.6 is 0 Å². The smallest absolute Gasteiger partial charge is 0.335 e. The number of hydrogen-bond acceptors (Lipinski definition) is 3. The summed E-state index contributed by atoms with van der Waals surface area (Å²) in [4.78, 5) is 11.1. The summed E-state index contributed by atoms with van der Waals surface area (Å²) in [7, 11) is 3.30. The first-order valence-electron chi connectivity index (χ1n) is 10.4. The minimum Gasteiger partial charge on any atom is -0.493 e. The Morgan fingerprint density at radius 2 is 1.71 bits per heavy atom. The fourth-order valence-electron chi connectivity index (χ4n) is 4.26. The number of aromatic carboxylic acids is 1. The number of rotatable bonds is 7. The highest BCUT2D eigenvalue weighted by atomic mass is 16.5. The van der Waals surface area contributed by atoms with Gasteiger partial charge >= 0.3 is 5.97 Å². The van der Waals surface area contributed by atoms with Crippen LogP contribution in [0.2, 0.25) is 0 Å². The first kappa shape index (κ1) is 20.7. The normalized spacial score (nSPS) is 13.8. The van der Waals surface area contributed by atoms with Crippen molar-refractivity contribution in [2.45, 2.75) is 25.7 Å². The van der Waals surface area contributed by atoms with Gasteiger partial charge in [-0.3, -0.25) is 0 Å². The van der Waals surface area contributed by atoms with E-state index < -0.39 is 5.97 Å². The highest BCUT2D eigenvalue weighted by Crippen LogP contribution is 2.38. The Balaban J connectivity index is 1.59. The maximum atomic E-state index is 11.1. The molecule has 0 unspecified atom stereocenters. The Morgan fingerprint density at radius 3 is 2.42 bits per heavy atom. The van der Waals surface area contributed by atoms with E-state index in [1.807, 2.05) is 24.3 Å². The number of hydrogen-bond donors (Lipinski definition) is 1. The Kier molecular flexibility index (Phi) is 6.08. The van der Waals surface area contributed by atoms with Crippen molar-refractivity contribution in [2.75, 3.05) is 14.2 Å². The van der Waals surface area contributed by atoms with Gasteiger partial charge in [-0.1, -0.05) is 42.5 Å². The van der Waals surface area contributed by atoms with Crippen LogP contribution in [0.5, 0.6) is 11.5 Å². The van der Waals surface area contributed by atoms with Crippen molar-refractivity contribution in [1.82, 2.24) is 0 Å². The van der Waals surface area contributed by atoms with Crippen molar-refractivity contribution >= 4 is 17.6 Å². The number of allylic oxidation sites excluding steroid dienone is 1. The molecule has 0 bridgehead atoms. The van der Waals surface area contributed by atoms with E-state index in [2.05, 4.69) is 30.3 Å². The SMILES string of the molecule is COc1ccc(/C=C2\CCc3cccc(CCc4ccc(C(=O)O)cc4)c32)cc1OC. The monoisotopic (exact) mass is 414 g/mol. The molecule has 0 fully saturated rings. The summed E-state index contributed by atoms with van der Waals surface area (Å²) in [6.07, 6.45) is 6.11. The van der Waals surface area contributed by atoms with Gasteiger partial charge in [-0.25, -0.2) is 4.79 Å². The van der Waals surface area contributed by atoms with Gasteiger partial charge in [0.25, 0.3) is 0 Å². The van der Waals surface area contributed by atoms with Crippen LogP contribution in [0, 0.1) is 0 Å². The zero-order chi connectivity index (χ0) is 21.8. The lowest BCUT2D eigenvalue weighted by molar-refractivity contribution is 0.0697. The molecule has 0 heterocycles. The summed E-state index contributed by atoms with van der Waals surface area (Å²) in [6.45, 7) is 0. The summed E-state index contributed by atoms with van der Waals surface area (Å²) in [5.74, 6) is 0.566. The molecule has 0 saturated heterocycles. The van der Waals surface area contributed by atoms with Gasteiger partial charge < -0.3 is 14.6 Å². The van der Waals surface area contributed by atoms with Gasteiger partial charge in [0, 0.05) is 0 Å². The van der Waals surface area contributed by atoms with Crippen LogP contribution in [-0.2, 0) is 19.3 Å². The Hall–Kier alpha value is -3.53. The predicted octanol–water partition coefficient (Wildman–Crippen LogP) is 5.67. The zero-order valence-electron chi connectivity index (χ0n) is 17.9. The van der Waals surface area contributed by atoms with Gasteiger partial charge in [0.1, 0.15) is 0 Å². The Labute approximate surface area is 182 Å². The van der Waals surface area contributed by atoms with Crippen LogP contribution in [-0.4, -0.2) is 25.3 Å². The van der Waals surface area contributed by atoms with Crippen LogP contribution in [0.25, 0.3) is 11.6 Å². The molecular formula is C27H26O4. The van der Waals surface area contributed by atoms with Gasteiger partial charge in [-0.05, 0) is 83.3 Å². The number of methoxy groups -OCH3 is 2. The second kappa shape index (κ2) is 9.09. The zero-order valence-corrected chi connectivity index (χ0v) is 17.9. The van der Waals surface area contributed by atoms with Gasteiger partial charge in [-0.15, -0.1) is 0 Å². The van der Waals surface area contributed by atoms with E-state index in [0.717, 1.165) is 48.3 Å². The summed E-state index contributed by atoms with van der Waals surface area (Å²) in [5.41, 5.74) is 8.00. The van der Waals surface area contributed by atoms with E-state index in [9.17, 15) is 4.79 Å². The molecule has 0 spiro atoms. The third kappa shape index (κ3) is 4.48. The molecule has 31 heavy (non-hydrogen) atoms. The van der Waals surface area contributed by atoms with Crippen molar-refractivity contribution in [1.29, 1.82) is 0 Å². The Bertz CT molecular complexity index is 1130. The lowest BCUT2D eigenvalue weighted by Crippen LogP contribution is -1.99. The van der Waals surface area contributed by atoms with E-state index in [1.165, 1.54) is 22.3 Å². The molecule has 3 aromatic carbocycles. The van der Waals surface area contributed by atoms with Crippen molar-refractivity contribution in [2.24, 2.45) is 0 Å². The summed E-state index contributed by atoms with van der Waals surface area (Å²) in [6, 6.07) is 19.7. The molecule has 1 aliphatic carbocycles. The number of carbonyl (C=O) groups is 1. The van der Waals surface area contributed by atoms with Crippen LogP contribution < -0.4 is 9.47 Å². The highest BCUT2D eigenvalue weighted by molar-refractivity contribution is 5.88. The molecule has 0 aliphatic heterocycles. The molecule has 4 rings (SSSR count). The maximum Gasteiger partial charge on any atom is 0.335 e. The molecule has 158 valence electrons. The van der Waals surface area contributed by atoms with E-state index in [1.54, 1.807) is 26.4 Å². The molecule has 1 aliphatic rings. The molecule has 0 saturated carbocycles. The highest BCUT2D eigenvalue weighted by Gasteiger charge is 2.19. The van der Waals surface area contributed by atoms with Crippen LogP contribution in [0.3, 0.4) is 0 Å². The van der Waals surface area contributed by atoms with Crippen molar-refractivity contribution < 1.29 is 19.4 Å². The topological polar surface area (TPSA) is 55.8 Å². The second-order valence-electron chi connectivity index (χ2n) is 7.74. The number of ether oxygens (including phenoxy) is 2. The average molecular weight is 415 g/mol. The third-order valence-electron chi connectivity index (χ3n) is 5.85. The summed E-state index contributed by atoms with van der Waals surface area (Å²) in [5, 5.41) is 9.08. The van der Waals surface area contributed by atoms with Gasteiger partial charge in [-0.2, -0.15) is 0 Å². The number of carboxylic acids is 1. The van der Waals surface area contributed by atoms with Crippen molar-refractivity contribution in [3.63, 3.8) is 0 Å². The molecule has 0 amide bonds. The molecule has 0 aromatic heterocycles. The standard InChI is InChI=1S/C27H26O4/c1-30-24-15-9-19(17-25(24)31-2)16-23-14-13-21-5-3-4-20(26(21)23)10-6-18-7-11-22(12-8-18)27(28)29/h3-5,7-9,11-12,15-17H,6,10,13-14H2,1-2H3,(H,28,29)/b23-16+. The minimum absolute atomic E-state index is 0.324. The van der Waals surface area contributed by atoms with Gasteiger partial charge in [0.2, 0.25) is 0 Å². The fourth-order valence-corrected chi connectivity index (χ4v) is 4.26. The van der Waals surface area contributed by atoms with Gasteiger partial charge in [0.05, 0.1) is 19.8 Å². The van der Waals surface area contributed by atoms with Crippen LogP contribution in [0.4, 0.5) is 0 Å². The quantitative estimate of drug-likeness (QED) is 0.541. The number of aryl methyl sites for hydroxylation is 3. The lowest BCUT2D eigenvalue weighted by Gasteiger charge is -2.12. The predicted molar refractivity (Wildman–Crippen MR) is 123 cm³/mol. The second-order valence-corrected chi connectivity index (χ2v) is 7.74. The van der Waals surface area contributed by atoms with Gasteiger partial charge in [0.15, 0.2) is 11.5 Å². The third-order valence-corrected chi connectivity index (χ3v) is 5.85. The minimum atomic E-state index is -0.891. The first-order valence-corrected chi connectivity index (χ1v) is 10.4. The first-order chi connectivity index (χ1) is 15.1. The Morgan fingerprint density at radius 1 is 0.935 bits per heavy atom. The molecular weight excluding hydrogens is 388 g/mol. The van der Waals surface area contributed by atoms with Crippen molar-refractivity contribution in [3.05, 3.63) is 94.0 Å². The van der Waals surface area contributed by atoms with Crippen molar-refractivity contribution in [3.8, 4) is 11.5 Å². The van der Waals surface area contributed by atoms with E-state index in [-0.39, 0.29) is 0 Å². The summed E-state index contributed by atoms with van der Waals surface area (Å²) < 4.78 is 10.8. The van der Waals surface area contributed by atoms with E-state index >= 15 is 0 Å². The molecule has 0 atom stereocenters. The maximum absolute atomic E-state index is 11.1. The molecule has 0 radical (unpaired) electrons. The lowest BCUT2D eigenvalue weighted by atomic mass is 9.94. The molecule has 4 heteroatoms. The summed E-state index contributed by atoms with van der Waals surface area (Å²) >= 11 is 0. The van der Waals surface area contributed by atoms with Crippen LogP contribution in [0.15, 0.2) is 60.7 Å². The largest absolute Gasteiger partial charge is 0.493 e.